The smallest absolute Gasteiger partial charge is 0.159 e. The van der Waals surface area contributed by atoms with Gasteiger partial charge in [0.15, 0.2) is 5.78 Å². The van der Waals surface area contributed by atoms with Gasteiger partial charge in [0.2, 0.25) is 0 Å². The molecule has 0 aliphatic carbocycles. The molecule has 2 atom stereocenters. The van der Waals surface area contributed by atoms with E-state index < -0.39 is 5.92 Å². The summed E-state index contributed by atoms with van der Waals surface area (Å²) in [6.45, 7) is 1.01. The second-order valence-electron chi connectivity index (χ2n) is 4.05. The van der Waals surface area contributed by atoms with Crippen molar-refractivity contribution in [1.82, 2.24) is 0 Å². The SMILES string of the molecule is N#CC(C(=O)C1CCOC1)c1ccccc1Cl. The summed E-state index contributed by atoms with van der Waals surface area (Å²) in [4.78, 5) is 12.2. The summed E-state index contributed by atoms with van der Waals surface area (Å²) in [5.74, 6) is -1.04. The van der Waals surface area contributed by atoms with Crippen LogP contribution in [0.2, 0.25) is 5.02 Å². The van der Waals surface area contributed by atoms with E-state index in [-0.39, 0.29) is 11.7 Å². The van der Waals surface area contributed by atoms with Crippen molar-refractivity contribution in [3.05, 3.63) is 34.9 Å². The van der Waals surface area contributed by atoms with Crippen LogP contribution >= 0.6 is 11.6 Å². The number of Topliss-reactive ketones (excluding diaryl/α,β-unsaturated/α-hetero) is 1. The number of hydrogen-bond acceptors (Lipinski definition) is 3. The molecule has 1 aliphatic rings. The second kappa shape index (κ2) is 5.31. The zero-order chi connectivity index (χ0) is 12.3. The lowest BCUT2D eigenvalue weighted by Crippen LogP contribution is -2.21. The van der Waals surface area contributed by atoms with Crippen molar-refractivity contribution in [3.8, 4) is 6.07 Å². The van der Waals surface area contributed by atoms with Gasteiger partial charge >= 0.3 is 0 Å². The summed E-state index contributed by atoms with van der Waals surface area (Å²) < 4.78 is 5.18. The Labute approximate surface area is 105 Å². The van der Waals surface area contributed by atoms with Gasteiger partial charge in [-0.1, -0.05) is 29.8 Å². The lowest BCUT2D eigenvalue weighted by molar-refractivity contribution is -0.123. The second-order valence-corrected chi connectivity index (χ2v) is 4.45. The van der Waals surface area contributed by atoms with Crippen molar-refractivity contribution in [2.24, 2.45) is 5.92 Å². The topological polar surface area (TPSA) is 50.1 Å². The first-order valence-corrected chi connectivity index (χ1v) is 5.87. The zero-order valence-electron chi connectivity index (χ0n) is 9.23. The van der Waals surface area contributed by atoms with Crippen molar-refractivity contribution in [2.45, 2.75) is 12.3 Å². The van der Waals surface area contributed by atoms with E-state index in [9.17, 15) is 4.79 Å². The highest BCUT2D eigenvalue weighted by molar-refractivity contribution is 6.31. The molecule has 0 saturated carbocycles. The van der Waals surface area contributed by atoms with Gasteiger partial charge in [0.25, 0.3) is 0 Å². The lowest BCUT2D eigenvalue weighted by Gasteiger charge is -2.13. The van der Waals surface area contributed by atoms with Gasteiger partial charge in [-0.25, -0.2) is 0 Å². The van der Waals surface area contributed by atoms with Gasteiger partial charge in [-0.3, -0.25) is 4.79 Å². The van der Waals surface area contributed by atoms with E-state index >= 15 is 0 Å². The fourth-order valence-electron chi connectivity index (χ4n) is 1.99. The number of carbonyl (C=O) groups is 1. The molecule has 0 bridgehead atoms. The number of carbonyl (C=O) groups excluding carboxylic acids is 1. The number of rotatable bonds is 3. The fraction of sp³-hybridized carbons (Fsp3) is 0.385. The molecule has 1 aromatic rings. The van der Waals surface area contributed by atoms with E-state index in [2.05, 4.69) is 0 Å². The number of benzene rings is 1. The van der Waals surface area contributed by atoms with E-state index in [0.717, 1.165) is 0 Å². The molecular formula is C13H12ClNO2. The first kappa shape index (κ1) is 12.1. The predicted molar refractivity (Wildman–Crippen MR) is 63.7 cm³/mol. The van der Waals surface area contributed by atoms with E-state index in [0.29, 0.717) is 30.2 Å². The van der Waals surface area contributed by atoms with E-state index in [1.54, 1.807) is 24.3 Å². The minimum Gasteiger partial charge on any atom is -0.381 e. The molecule has 4 heteroatoms. The molecule has 0 radical (unpaired) electrons. The van der Waals surface area contributed by atoms with Crippen LogP contribution in [0.3, 0.4) is 0 Å². The van der Waals surface area contributed by atoms with Gasteiger partial charge in [-0.15, -0.1) is 0 Å². The molecule has 1 saturated heterocycles. The largest absolute Gasteiger partial charge is 0.381 e. The van der Waals surface area contributed by atoms with E-state index in [4.69, 9.17) is 21.6 Å². The Kier molecular flexibility index (Phi) is 3.78. The van der Waals surface area contributed by atoms with Crippen molar-refractivity contribution >= 4 is 17.4 Å². The van der Waals surface area contributed by atoms with E-state index in [1.165, 1.54) is 0 Å². The number of ether oxygens (including phenoxy) is 1. The molecule has 1 heterocycles. The molecule has 2 unspecified atom stereocenters. The molecule has 1 aromatic carbocycles. The Morgan fingerprint density at radius 1 is 1.53 bits per heavy atom. The Bertz CT molecular complexity index is 461. The van der Waals surface area contributed by atoms with E-state index in [1.807, 2.05) is 6.07 Å². The number of ketones is 1. The number of nitrogens with zero attached hydrogens (tertiary/aromatic N) is 1. The monoisotopic (exact) mass is 249 g/mol. The van der Waals surface area contributed by atoms with Crippen LogP contribution in [0.1, 0.15) is 17.9 Å². The number of halogens is 1. The van der Waals surface area contributed by atoms with Gasteiger partial charge in [0, 0.05) is 17.5 Å². The average Bonchev–Trinajstić information content (AvgIpc) is 2.86. The third-order valence-electron chi connectivity index (χ3n) is 2.96. The molecule has 88 valence electrons. The molecule has 3 nitrogen and oxygen atoms in total. The summed E-state index contributed by atoms with van der Waals surface area (Å²) in [7, 11) is 0. The first-order valence-electron chi connectivity index (χ1n) is 5.49. The highest BCUT2D eigenvalue weighted by atomic mass is 35.5. The third-order valence-corrected chi connectivity index (χ3v) is 3.31. The molecule has 0 spiro atoms. The minimum absolute atomic E-state index is 0.0851. The third kappa shape index (κ3) is 2.49. The fourth-order valence-corrected chi connectivity index (χ4v) is 2.24. The van der Waals surface area contributed by atoms with Gasteiger partial charge in [-0.05, 0) is 18.1 Å². The van der Waals surface area contributed by atoms with Crippen molar-refractivity contribution < 1.29 is 9.53 Å². The molecule has 0 aromatic heterocycles. The summed E-state index contributed by atoms with van der Waals surface area (Å²) in [6.07, 6.45) is 0.696. The van der Waals surface area contributed by atoms with Crippen LogP contribution in [0.15, 0.2) is 24.3 Å². The molecule has 0 amide bonds. The van der Waals surface area contributed by atoms with Crippen LogP contribution in [-0.2, 0) is 9.53 Å². The maximum Gasteiger partial charge on any atom is 0.159 e. The standard InChI is InChI=1S/C13H12ClNO2/c14-12-4-2-1-3-10(12)11(7-15)13(16)9-5-6-17-8-9/h1-4,9,11H,5-6,8H2. The zero-order valence-corrected chi connectivity index (χ0v) is 9.98. The number of nitriles is 1. The Morgan fingerprint density at radius 2 is 2.29 bits per heavy atom. The van der Waals surface area contributed by atoms with Gasteiger partial charge in [-0.2, -0.15) is 5.26 Å². The summed E-state index contributed by atoms with van der Waals surface area (Å²) >= 11 is 6.01. The van der Waals surface area contributed by atoms with Crippen molar-refractivity contribution in [3.63, 3.8) is 0 Å². The lowest BCUT2D eigenvalue weighted by atomic mass is 9.88. The van der Waals surface area contributed by atoms with Gasteiger partial charge in [0.05, 0.1) is 12.7 Å². The first-order chi connectivity index (χ1) is 8.24. The Balaban J connectivity index is 2.25. The summed E-state index contributed by atoms with van der Waals surface area (Å²) in [5, 5.41) is 9.63. The normalized spacial score (nSPS) is 20.8. The van der Waals surface area contributed by atoms with Crippen LogP contribution in [0.5, 0.6) is 0 Å². The van der Waals surface area contributed by atoms with Crippen LogP contribution in [0.25, 0.3) is 0 Å². The Morgan fingerprint density at radius 3 is 2.88 bits per heavy atom. The molecule has 1 aliphatic heterocycles. The van der Waals surface area contributed by atoms with Gasteiger partial charge in [0.1, 0.15) is 5.92 Å². The Hall–Kier alpha value is -1.37. The average molecular weight is 250 g/mol. The maximum atomic E-state index is 12.2. The van der Waals surface area contributed by atoms with Gasteiger partial charge < -0.3 is 4.74 Å². The maximum absolute atomic E-state index is 12.2. The van der Waals surface area contributed by atoms with Crippen molar-refractivity contribution in [2.75, 3.05) is 13.2 Å². The predicted octanol–water partition coefficient (Wildman–Crippen LogP) is 2.55. The summed E-state index contributed by atoms with van der Waals surface area (Å²) in [6, 6.07) is 9.03. The van der Waals surface area contributed by atoms with Crippen LogP contribution in [0.4, 0.5) is 0 Å². The highest BCUT2D eigenvalue weighted by Crippen LogP contribution is 2.29. The minimum atomic E-state index is -0.782. The highest BCUT2D eigenvalue weighted by Gasteiger charge is 2.31. The van der Waals surface area contributed by atoms with Crippen LogP contribution < -0.4 is 0 Å². The molecule has 2 rings (SSSR count). The molecule has 17 heavy (non-hydrogen) atoms. The van der Waals surface area contributed by atoms with Crippen molar-refractivity contribution in [1.29, 1.82) is 5.26 Å². The van der Waals surface area contributed by atoms with Crippen LogP contribution in [-0.4, -0.2) is 19.0 Å². The molecular weight excluding hydrogens is 238 g/mol. The quantitative estimate of drug-likeness (QED) is 0.827. The van der Waals surface area contributed by atoms with Crippen LogP contribution in [0, 0.1) is 17.2 Å². The molecule has 0 N–H and O–H groups in total. The number of hydrogen-bond donors (Lipinski definition) is 0. The summed E-state index contributed by atoms with van der Waals surface area (Å²) in [5.41, 5.74) is 0.591. The molecule has 1 fully saturated rings.